The van der Waals surface area contributed by atoms with Gasteiger partial charge in [-0.05, 0) is 24.3 Å². The maximum Gasteiger partial charge on any atom is 0.222 e. The summed E-state index contributed by atoms with van der Waals surface area (Å²) in [5.41, 5.74) is 0.464. The standard InChI is InChI=1S/C13H10FNO3/c1-17-11-7-9(8-16)5-6-10(11)18-13-4-2-3-12(14)15-13/h2-8H,1H3. The minimum Gasteiger partial charge on any atom is -0.493 e. The molecule has 2 aromatic rings. The van der Waals surface area contributed by atoms with Gasteiger partial charge in [0.25, 0.3) is 0 Å². The van der Waals surface area contributed by atoms with E-state index in [0.29, 0.717) is 23.3 Å². The third-order valence-corrected chi connectivity index (χ3v) is 2.23. The van der Waals surface area contributed by atoms with Crippen LogP contribution in [0.2, 0.25) is 0 Å². The molecule has 4 nitrogen and oxygen atoms in total. The highest BCUT2D eigenvalue weighted by Crippen LogP contribution is 2.31. The summed E-state index contributed by atoms with van der Waals surface area (Å²) in [4.78, 5) is 14.2. The van der Waals surface area contributed by atoms with Crippen LogP contribution in [0.4, 0.5) is 4.39 Å². The maximum atomic E-state index is 12.9. The summed E-state index contributed by atoms with van der Waals surface area (Å²) in [5.74, 6) is 0.231. The molecule has 0 atom stereocenters. The molecule has 1 aromatic heterocycles. The molecule has 1 heterocycles. The summed E-state index contributed by atoms with van der Waals surface area (Å²) in [7, 11) is 1.45. The summed E-state index contributed by atoms with van der Waals surface area (Å²) in [5, 5.41) is 0. The number of hydrogen-bond acceptors (Lipinski definition) is 4. The van der Waals surface area contributed by atoms with Gasteiger partial charge >= 0.3 is 0 Å². The second kappa shape index (κ2) is 5.27. The molecule has 0 spiro atoms. The first-order valence-electron chi connectivity index (χ1n) is 5.16. The number of hydrogen-bond donors (Lipinski definition) is 0. The zero-order valence-corrected chi connectivity index (χ0v) is 9.59. The normalized spacial score (nSPS) is 9.89. The van der Waals surface area contributed by atoms with Gasteiger partial charge in [-0.25, -0.2) is 0 Å². The fraction of sp³-hybridized carbons (Fsp3) is 0.0769. The van der Waals surface area contributed by atoms with Crippen molar-refractivity contribution in [3.63, 3.8) is 0 Å². The minimum absolute atomic E-state index is 0.118. The number of aldehydes is 1. The van der Waals surface area contributed by atoms with Crippen molar-refractivity contribution in [3.8, 4) is 17.4 Å². The van der Waals surface area contributed by atoms with Crippen LogP contribution in [0, 0.1) is 5.95 Å². The van der Waals surface area contributed by atoms with Gasteiger partial charge in [-0.15, -0.1) is 0 Å². The molecule has 0 unspecified atom stereocenters. The number of nitrogens with zero attached hydrogens (tertiary/aromatic N) is 1. The van der Waals surface area contributed by atoms with E-state index < -0.39 is 5.95 Å². The Labute approximate surface area is 103 Å². The molecule has 0 radical (unpaired) electrons. The van der Waals surface area contributed by atoms with Crippen LogP contribution >= 0.6 is 0 Å². The molecule has 0 N–H and O–H groups in total. The molecule has 0 aliphatic rings. The zero-order chi connectivity index (χ0) is 13.0. The molecule has 0 saturated heterocycles. The summed E-state index contributed by atoms with van der Waals surface area (Å²) >= 11 is 0. The average Bonchev–Trinajstić information content (AvgIpc) is 2.39. The van der Waals surface area contributed by atoms with Crippen molar-refractivity contribution in [1.82, 2.24) is 4.98 Å². The Morgan fingerprint density at radius 3 is 2.72 bits per heavy atom. The van der Waals surface area contributed by atoms with Gasteiger partial charge in [0, 0.05) is 11.6 Å². The largest absolute Gasteiger partial charge is 0.493 e. The smallest absolute Gasteiger partial charge is 0.222 e. The Morgan fingerprint density at radius 1 is 1.22 bits per heavy atom. The van der Waals surface area contributed by atoms with E-state index in [2.05, 4.69) is 4.98 Å². The number of halogens is 1. The lowest BCUT2D eigenvalue weighted by molar-refractivity contribution is 0.112. The molecule has 0 aliphatic heterocycles. The molecule has 18 heavy (non-hydrogen) atoms. The second-order valence-corrected chi connectivity index (χ2v) is 3.43. The van der Waals surface area contributed by atoms with E-state index in [1.807, 2.05) is 0 Å². The molecule has 0 aliphatic carbocycles. The van der Waals surface area contributed by atoms with Gasteiger partial charge in [-0.1, -0.05) is 6.07 Å². The molecule has 2 rings (SSSR count). The van der Waals surface area contributed by atoms with Gasteiger partial charge in [0.1, 0.15) is 6.29 Å². The summed E-state index contributed by atoms with van der Waals surface area (Å²) < 4.78 is 23.4. The Kier molecular flexibility index (Phi) is 3.52. The third-order valence-electron chi connectivity index (χ3n) is 2.23. The van der Waals surface area contributed by atoms with Gasteiger partial charge in [-0.3, -0.25) is 4.79 Å². The molecule has 0 saturated carbocycles. The van der Waals surface area contributed by atoms with Gasteiger partial charge in [0.05, 0.1) is 7.11 Å². The van der Waals surface area contributed by atoms with Crippen molar-refractivity contribution < 1.29 is 18.7 Å². The molecule has 92 valence electrons. The van der Waals surface area contributed by atoms with E-state index in [4.69, 9.17) is 9.47 Å². The Morgan fingerprint density at radius 2 is 2.06 bits per heavy atom. The fourth-order valence-corrected chi connectivity index (χ4v) is 1.40. The van der Waals surface area contributed by atoms with Crippen molar-refractivity contribution in [2.24, 2.45) is 0 Å². The number of carbonyl (C=O) groups is 1. The first-order valence-corrected chi connectivity index (χ1v) is 5.16. The van der Waals surface area contributed by atoms with E-state index in [-0.39, 0.29) is 5.88 Å². The predicted molar refractivity (Wildman–Crippen MR) is 62.7 cm³/mol. The average molecular weight is 247 g/mol. The van der Waals surface area contributed by atoms with Crippen LogP contribution in [0.1, 0.15) is 10.4 Å². The van der Waals surface area contributed by atoms with Crippen LogP contribution in [-0.2, 0) is 0 Å². The highest BCUT2D eigenvalue weighted by molar-refractivity contribution is 5.76. The van der Waals surface area contributed by atoms with Crippen molar-refractivity contribution in [3.05, 3.63) is 47.9 Å². The van der Waals surface area contributed by atoms with Gasteiger partial charge in [-0.2, -0.15) is 9.37 Å². The summed E-state index contributed by atoms with van der Waals surface area (Å²) in [6, 6.07) is 8.90. The minimum atomic E-state index is -0.629. The quantitative estimate of drug-likeness (QED) is 0.615. The molecular weight excluding hydrogens is 237 g/mol. The number of pyridine rings is 1. The lowest BCUT2D eigenvalue weighted by Gasteiger charge is -2.09. The number of carbonyl (C=O) groups excluding carboxylic acids is 1. The summed E-state index contributed by atoms with van der Waals surface area (Å²) in [6.07, 6.45) is 0.701. The first kappa shape index (κ1) is 12.0. The van der Waals surface area contributed by atoms with Crippen LogP contribution < -0.4 is 9.47 Å². The maximum absolute atomic E-state index is 12.9. The number of aromatic nitrogens is 1. The predicted octanol–water partition coefficient (Wildman–Crippen LogP) is 2.83. The van der Waals surface area contributed by atoms with E-state index in [9.17, 15) is 9.18 Å². The highest BCUT2D eigenvalue weighted by atomic mass is 19.1. The topological polar surface area (TPSA) is 48.4 Å². The number of rotatable bonds is 4. The van der Waals surface area contributed by atoms with E-state index in [1.165, 1.54) is 31.4 Å². The van der Waals surface area contributed by atoms with Gasteiger partial charge in [0.2, 0.25) is 11.8 Å². The molecule has 0 bridgehead atoms. The van der Waals surface area contributed by atoms with Crippen LogP contribution in [0.25, 0.3) is 0 Å². The number of benzene rings is 1. The third kappa shape index (κ3) is 2.63. The SMILES string of the molecule is COc1cc(C=O)ccc1Oc1cccc(F)n1. The van der Waals surface area contributed by atoms with Crippen LogP contribution in [0.15, 0.2) is 36.4 Å². The van der Waals surface area contributed by atoms with Crippen molar-refractivity contribution in [2.45, 2.75) is 0 Å². The molecule has 0 fully saturated rings. The molecule has 1 aromatic carbocycles. The second-order valence-electron chi connectivity index (χ2n) is 3.43. The summed E-state index contributed by atoms with van der Waals surface area (Å²) in [6.45, 7) is 0. The van der Waals surface area contributed by atoms with Crippen molar-refractivity contribution in [1.29, 1.82) is 0 Å². The lowest BCUT2D eigenvalue weighted by Crippen LogP contribution is -1.94. The van der Waals surface area contributed by atoms with Crippen LogP contribution in [0.5, 0.6) is 17.4 Å². The first-order chi connectivity index (χ1) is 8.72. The zero-order valence-electron chi connectivity index (χ0n) is 9.59. The molecule has 5 heteroatoms. The molecule has 0 amide bonds. The highest BCUT2D eigenvalue weighted by Gasteiger charge is 2.08. The molecular formula is C13H10FNO3. The fourth-order valence-electron chi connectivity index (χ4n) is 1.40. The van der Waals surface area contributed by atoms with Crippen molar-refractivity contribution >= 4 is 6.29 Å². The number of methoxy groups -OCH3 is 1. The number of ether oxygens (including phenoxy) is 2. The van der Waals surface area contributed by atoms with Gasteiger partial charge in [0.15, 0.2) is 11.5 Å². The van der Waals surface area contributed by atoms with Gasteiger partial charge < -0.3 is 9.47 Å². The Hall–Kier alpha value is -2.43. The monoisotopic (exact) mass is 247 g/mol. The Balaban J connectivity index is 2.31. The lowest BCUT2D eigenvalue weighted by atomic mass is 10.2. The van der Waals surface area contributed by atoms with E-state index in [0.717, 1.165) is 0 Å². The van der Waals surface area contributed by atoms with E-state index >= 15 is 0 Å². The van der Waals surface area contributed by atoms with E-state index in [1.54, 1.807) is 12.1 Å². The Bertz CT molecular complexity index is 572. The van der Waals surface area contributed by atoms with Crippen molar-refractivity contribution in [2.75, 3.05) is 7.11 Å². The van der Waals surface area contributed by atoms with Crippen LogP contribution in [0.3, 0.4) is 0 Å². The van der Waals surface area contributed by atoms with Crippen LogP contribution in [-0.4, -0.2) is 18.4 Å².